The minimum atomic E-state index is -0.445. The van der Waals surface area contributed by atoms with Crippen LogP contribution in [0, 0.1) is 6.92 Å². The molecule has 9 heteroatoms. The minimum absolute atomic E-state index is 0.0200. The van der Waals surface area contributed by atoms with E-state index in [9.17, 15) is 14.4 Å². The van der Waals surface area contributed by atoms with Crippen LogP contribution in [0.3, 0.4) is 0 Å². The molecule has 170 valence electrons. The maximum atomic E-state index is 12.7. The SMILES string of the molecule is Cc1nc([C@H]2CCCN(C(=O)Cn3cccnc3=O)C2)ncc1C(=O)NCc1ccccc1. The molecule has 0 spiro atoms. The van der Waals surface area contributed by atoms with Crippen LogP contribution < -0.4 is 11.0 Å². The van der Waals surface area contributed by atoms with Gasteiger partial charge in [-0.1, -0.05) is 30.3 Å². The molecular formula is C24H26N6O3. The van der Waals surface area contributed by atoms with Gasteiger partial charge in [0.1, 0.15) is 12.4 Å². The van der Waals surface area contributed by atoms with E-state index in [0.29, 0.717) is 36.7 Å². The van der Waals surface area contributed by atoms with Crippen LogP contribution >= 0.6 is 0 Å². The Morgan fingerprint density at radius 1 is 1.15 bits per heavy atom. The van der Waals surface area contributed by atoms with Gasteiger partial charge in [-0.05, 0) is 31.4 Å². The Bertz CT molecular complexity index is 1190. The van der Waals surface area contributed by atoms with Gasteiger partial charge < -0.3 is 10.2 Å². The first kappa shape index (κ1) is 22.3. The van der Waals surface area contributed by atoms with Crippen LogP contribution in [0.2, 0.25) is 0 Å². The molecule has 2 amide bonds. The van der Waals surface area contributed by atoms with Crippen molar-refractivity contribution in [3.63, 3.8) is 0 Å². The smallest absolute Gasteiger partial charge is 0.347 e. The van der Waals surface area contributed by atoms with Crippen LogP contribution in [0.15, 0.2) is 59.8 Å². The van der Waals surface area contributed by atoms with Crippen LogP contribution in [-0.2, 0) is 17.9 Å². The van der Waals surface area contributed by atoms with Gasteiger partial charge in [0, 0.05) is 44.1 Å². The normalized spacial score (nSPS) is 15.8. The highest BCUT2D eigenvalue weighted by molar-refractivity contribution is 5.94. The van der Waals surface area contributed by atoms with Gasteiger partial charge in [0.05, 0.1) is 11.3 Å². The van der Waals surface area contributed by atoms with E-state index in [-0.39, 0.29) is 24.3 Å². The van der Waals surface area contributed by atoms with E-state index in [1.807, 2.05) is 30.3 Å². The number of carbonyl (C=O) groups excluding carboxylic acids is 2. The molecule has 3 heterocycles. The molecule has 0 unspecified atom stereocenters. The zero-order valence-corrected chi connectivity index (χ0v) is 18.5. The van der Waals surface area contributed by atoms with Gasteiger partial charge in [0.15, 0.2) is 0 Å². The molecule has 1 aromatic carbocycles. The first-order chi connectivity index (χ1) is 16.0. The number of piperidine rings is 1. The molecule has 2 aromatic heterocycles. The summed E-state index contributed by atoms with van der Waals surface area (Å²) in [7, 11) is 0. The Morgan fingerprint density at radius 3 is 2.73 bits per heavy atom. The molecule has 1 saturated heterocycles. The molecule has 9 nitrogen and oxygen atoms in total. The molecule has 1 aliphatic rings. The van der Waals surface area contributed by atoms with Crippen LogP contribution in [0.5, 0.6) is 0 Å². The second-order valence-corrected chi connectivity index (χ2v) is 8.10. The molecular weight excluding hydrogens is 420 g/mol. The predicted octanol–water partition coefficient (Wildman–Crippen LogP) is 1.68. The number of carbonyl (C=O) groups is 2. The van der Waals surface area contributed by atoms with Crippen LogP contribution in [0.1, 0.15) is 46.2 Å². The molecule has 1 fully saturated rings. The molecule has 33 heavy (non-hydrogen) atoms. The summed E-state index contributed by atoms with van der Waals surface area (Å²) in [6, 6.07) is 11.3. The summed E-state index contributed by atoms with van der Waals surface area (Å²) >= 11 is 0. The van der Waals surface area contributed by atoms with E-state index >= 15 is 0 Å². The van der Waals surface area contributed by atoms with Gasteiger partial charge in [0.25, 0.3) is 5.91 Å². The van der Waals surface area contributed by atoms with E-state index in [1.54, 1.807) is 30.3 Å². The summed E-state index contributed by atoms with van der Waals surface area (Å²) in [5.74, 6) is 0.255. The molecule has 3 aromatic rings. The van der Waals surface area contributed by atoms with Crippen molar-refractivity contribution >= 4 is 11.8 Å². The number of aryl methyl sites for hydroxylation is 1. The largest absolute Gasteiger partial charge is 0.348 e. The lowest BCUT2D eigenvalue weighted by atomic mass is 9.96. The molecule has 0 bridgehead atoms. The first-order valence-electron chi connectivity index (χ1n) is 11.0. The third kappa shape index (κ3) is 5.49. The molecule has 0 saturated carbocycles. The molecule has 1 atom stereocenters. The number of benzene rings is 1. The third-order valence-electron chi connectivity index (χ3n) is 5.77. The van der Waals surface area contributed by atoms with Crippen molar-refractivity contribution in [1.82, 2.24) is 29.7 Å². The topological polar surface area (TPSA) is 110 Å². The van der Waals surface area contributed by atoms with Gasteiger partial charge >= 0.3 is 5.69 Å². The minimum Gasteiger partial charge on any atom is -0.348 e. The first-order valence-corrected chi connectivity index (χ1v) is 11.0. The Balaban J connectivity index is 1.39. The van der Waals surface area contributed by atoms with E-state index < -0.39 is 5.69 Å². The molecule has 4 rings (SSSR count). The predicted molar refractivity (Wildman–Crippen MR) is 121 cm³/mol. The fraction of sp³-hybridized carbons (Fsp3) is 0.333. The maximum absolute atomic E-state index is 12.7. The van der Waals surface area contributed by atoms with Crippen molar-refractivity contribution < 1.29 is 9.59 Å². The van der Waals surface area contributed by atoms with Crippen molar-refractivity contribution in [3.05, 3.63) is 88.1 Å². The summed E-state index contributed by atoms with van der Waals surface area (Å²) in [6.07, 6.45) is 6.21. The van der Waals surface area contributed by atoms with Crippen molar-refractivity contribution in [1.29, 1.82) is 0 Å². The molecule has 1 N–H and O–H groups in total. The third-order valence-corrected chi connectivity index (χ3v) is 5.77. The zero-order valence-electron chi connectivity index (χ0n) is 18.5. The Hall–Kier alpha value is -3.88. The van der Waals surface area contributed by atoms with Crippen molar-refractivity contribution in [2.75, 3.05) is 13.1 Å². The number of aromatic nitrogens is 4. The quantitative estimate of drug-likeness (QED) is 0.617. The summed E-state index contributed by atoms with van der Waals surface area (Å²) in [4.78, 5) is 51.6. The second-order valence-electron chi connectivity index (χ2n) is 8.10. The monoisotopic (exact) mass is 446 g/mol. The number of nitrogens with one attached hydrogen (secondary N) is 1. The fourth-order valence-electron chi connectivity index (χ4n) is 3.95. The van der Waals surface area contributed by atoms with Crippen LogP contribution in [0.4, 0.5) is 0 Å². The number of hydrogen-bond donors (Lipinski definition) is 1. The highest BCUT2D eigenvalue weighted by atomic mass is 16.2. The average molecular weight is 447 g/mol. The van der Waals surface area contributed by atoms with Gasteiger partial charge in [-0.25, -0.2) is 19.7 Å². The van der Waals surface area contributed by atoms with Crippen LogP contribution in [0.25, 0.3) is 0 Å². The lowest BCUT2D eigenvalue weighted by molar-refractivity contribution is -0.133. The highest BCUT2D eigenvalue weighted by Crippen LogP contribution is 2.25. The Kier molecular flexibility index (Phi) is 6.87. The zero-order chi connectivity index (χ0) is 23.2. The number of hydrogen-bond acceptors (Lipinski definition) is 6. The number of likely N-dealkylation sites (tertiary alicyclic amines) is 1. The summed E-state index contributed by atoms with van der Waals surface area (Å²) in [6.45, 7) is 3.29. The number of rotatable bonds is 6. The van der Waals surface area contributed by atoms with Crippen molar-refractivity contribution in [2.45, 2.75) is 38.8 Å². The van der Waals surface area contributed by atoms with Gasteiger partial charge in [-0.15, -0.1) is 0 Å². The van der Waals surface area contributed by atoms with Gasteiger partial charge in [-0.2, -0.15) is 0 Å². The van der Waals surface area contributed by atoms with Gasteiger partial charge in [0.2, 0.25) is 5.91 Å². The Morgan fingerprint density at radius 2 is 1.97 bits per heavy atom. The second kappa shape index (κ2) is 10.2. The van der Waals surface area contributed by atoms with E-state index in [2.05, 4.69) is 20.3 Å². The summed E-state index contributed by atoms with van der Waals surface area (Å²) < 4.78 is 1.30. The van der Waals surface area contributed by atoms with Crippen LogP contribution in [-0.4, -0.2) is 49.3 Å². The molecule has 0 aliphatic carbocycles. The van der Waals surface area contributed by atoms with Gasteiger partial charge in [-0.3, -0.25) is 14.2 Å². The lowest BCUT2D eigenvalue weighted by Crippen LogP contribution is -2.42. The maximum Gasteiger partial charge on any atom is 0.347 e. The fourth-order valence-corrected chi connectivity index (χ4v) is 3.95. The lowest BCUT2D eigenvalue weighted by Gasteiger charge is -2.32. The standard InChI is InChI=1S/C24H26N6O3/c1-17-20(23(32)27-13-18-7-3-2-4-8-18)14-26-22(28-17)19-9-5-11-29(15-19)21(31)16-30-12-6-10-25-24(30)33/h2-4,6-8,10,12,14,19H,5,9,11,13,15-16H2,1H3,(H,27,32)/t19-/m0/s1. The van der Waals surface area contributed by atoms with E-state index in [4.69, 9.17) is 0 Å². The number of amides is 2. The van der Waals surface area contributed by atoms with Crippen molar-refractivity contribution in [2.24, 2.45) is 0 Å². The molecule has 0 radical (unpaired) electrons. The Labute approximate surface area is 191 Å². The summed E-state index contributed by atoms with van der Waals surface area (Å²) in [5.41, 5.74) is 1.62. The number of nitrogens with zero attached hydrogens (tertiary/aromatic N) is 5. The highest BCUT2D eigenvalue weighted by Gasteiger charge is 2.27. The van der Waals surface area contributed by atoms with E-state index in [0.717, 1.165) is 18.4 Å². The van der Waals surface area contributed by atoms with Crippen molar-refractivity contribution in [3.8, 4) is 0 Å². The van der Waals surface area contributed by atoms with E-state index in [1.165, 1.54) is 10.8 Å². The summed E-state index contributed by atoms with van der Waals surface area (Å²) in [5, 5.41) is 2.90. The molecule has 1 aliphatic heterocycles. The average Bonchev–Trinajstić information content (AvgIpc) is 2.84.